The van der Waals surface area contributed by atoms with Crippen LogP contribution in [0.3, 0.4) is 0 Å². The summed E-state index contributed by atoms with van der Waals surface area (Å²) in [6.07, 6.45) is 0.644. The predicted molar refractivity (Wildman–Crippen MR) is 90.5 cm³/mol. The molecule has 1 unspecified atom stereocenters. The molecule has 0 spiro atoms. The maximum absolute atomic E-state index is 13.5. The van der Waals surface area contributed by atoms with Crippen molar-refractivity contribution in [2.24, 2.45) is 0 Å². The van der Waals surface area contributed by atoms with Crippen molar-refractivity contribution >= 4 is 11.9 Å². The number of carbonyl (C=O) groups excluding carboxylic acids is 1. The predicted octanol–water partition coefficient (Wildman–Crippen LogP) is 1.31. The molecule has 1 fully saturated rings. The fraction of sp³-hybridized carbons (Fsp3) is 0.353. The van der Waals surface area contributed by atoms with Gasteiger partial charge in [0, 0.05) is 39.2 Å². The van der Waals surface area contributed by atoms with E-state index in [1.165, 1.54) is 23.1 Å². The summed E-state index contributed by atoms with van der Waals surface area (Å²) in [6.45, 7) is 0.809. The molecule has 1 aliphatic heterocycles. The Kier molecular flexibility index (Phi) is 4.43. The molecule has 1 aliphatic rings. The third-order valence-electron chi connectivity index (χ3n) is 4.28. The average molecular weight is 346 g/mol. The monoisotopic (exact) mass is 346 g/mol. The minimum atomic E-state index is -0.825. The van der Waals surface area contributed by atoms with Gasteiger partial charge in [0.25, 0.3) is 11.5 Å². The minimum Gasteiger partial charge on any atom is -0.504 e. The first-order valence-corrected chi connectivity index (χ1v) is 7.92. The lowest BCUT2D eigenvalue weighted by molar-refractivity contribution is 0.0786. The van der Waals surface area contributed by atoms with Crippen LogP contribution in [0.2, 0.25) is 0 Å². The van der Waals surface area contributed by atoms with Gasteiger partial charge in [0.05, 0.1) is 11.3 Å². The third-order valence-corrected chi connectivity index (χ3v) is 4.28. The van der Waals surface area contributed by atoms with Crippen molar-refractivity contribution in [1.29, 1.82) is 0 Å². The molecule has 7 nitrogen and oxygen atoms in total. The van der Waals surface area contributed by atoms with Gasteiger partial charge in [-0.15, -0.1) is 0 Å². The van der Waals surface area contributed by atoms with Crippen molar-refractivity contribution in [1.82, 2.24) is 14.9 Å². The number of carbonyl (C=O) groups is 1. The van der Waals surface area contributed by atoms with E-state index in [1.807, 2.05) is 0 Å². The molecule has 2 heterocycles. The first-order valence-electron chi connectivity index (χ1n) is 7.92. The largest absolute Gasteiger partial charge is 0.504 e. The molecule has 1 amide bonds. The topological polar surface area (TPSA) is 89.5 Å². The standard InChI is InChI=1S/C17H19FN4O3/c1-21(2)17-19-13(8-14(23)20-17)10-6-7-22(9-10)16(25)11-4-3-5-12(18)15(11)24/h3-5,8,10,24H,6-7,9H2,1-2H3,(H,19,20,23). The van der Waals surface area contributed by atoms with Crippen LogP contribution in [0.1, 0.15) is 28.4 Å². The van der Waals surface area contributed by atoms with Crippen LogP contribution in [0.5, 0.6) is 5.75 Å². The highest BCUT2D eigenvalue weighted by molar-refractivity contribution is 5.97. The molecule has 132 valence electrons. The highest BCUT2D eigenvalue weighted by atomic mass is 19.1. The second-order valence-electron chi connectivity index (χ2n) is 6.26. The number of benzene rings is 1. The SMILES string of the molecule is CN(C)c1nc(C2CCN(C(=O)c3cccc(F)c3O)C2)cc(=O)[nH]1. The van der Waals surface area contributed by atoms with Crippen LogP contribution in [0, 0.1) is 5.82 Å². The molecule has 2 aromatic rings. The number of hydrogen-bond acceptors (Lipinski definition) is 5. The number of para-hydroxylation sites is 1. The van der Waals surface area contributed by atoms with Gasteiger partial charge in [0.1, 0.15) is 0 Å². The number of amides is 1. The second-order valence-corrected chi connectivity index (χ2v) is 6.26. The zero-order valence-corrected chi connectivity index (χ0v) is 14.0. The molecule has 0 radical (unpaired) electrons. The van der Waals surface area contributed by atoms with Gasteiger partial charge in [-0.3, -0.25) is 14.6 Å². The van der Waals surface area contributed by atoms with Crippen molar-refractivity contribution in [2.75, 3.05) is 32.1 Å². The number of nitrogens with zero attached hydrogens (tertiary/aromatic N) is 3. The number of H-pyrrole nitrogens is 1. The van der Waals surface area contributed by atoms with Gasteiger partial charge in [-0.1, -0.05) is 6.07 Å². The van der Waals surface area contributed by atoms with Gasteiger partial charge in [0.2, 0.25) is 5.95 Å². The van der Waals surface area contributed by atoms with Crippen LogP contribution in [0.25, 0.3) is 0 Å². The molecule has 2 N–H and O–H groups in total. The van der Waals surface area contributed by atoms with E-state index in [9.17, 15) is 19.1 Å². The average Bonchev–Trinajstić information content (AvgIpc) is 3.06. The molecule has 25 heavy (non-hydrogen) atoms. The van der Waals surface area contributed by atoms with Gasteiger partial charge in [-0.25, -0.2) is 9.37 Å². The Labute approximate surface area is 143 Å². The van der Waals surface area contributed by atoms with Crippen molar-refractivity contribution < 1.29 is 14.3 Å². The van der Waals surface area contributed by atoms with Crippen LogP contribution < -0.4 is 10.5 Å². The fourth-order valence-electron chi connectivity index (χ4n) is 2.93. The van der Waals surface area contributed by atoms with E-state index in [0.717, 1.165) is 6.07 Å². The van der Waals surface area contributed by atoms with Crippen molar-refractivity contribution in [2.45, 2.75) is 12.3 Å². The van der Waals surface area contributed by atoms with E-state index in [0.29, 0.717) is 31.2 Å². The summed E-state index contributed by atoms with van der Waals surface area (Å²) in [5.41, 5.74) is 0.306. The molecule has 1 aromatic heterocycles. The second kappa shape index (κ2) is 6.54. The van der Waals surface area contributed by atoms with Crippen LogP contribution in [0.15, 0.2) is 29.1 Å². The van der Waals surface area contributed by atoms with Crippen molar-refractivity contribution in [3.63, 3.8) is 0 Å². The van der Waals surface area contributed by atoms with E-state index in [1.54, 1.807) is 19.0 Å². The number of nitrogens with one attached hydrogen (secondary N) is 1. The molecule has 1 atom stereocenters. The Morgan fingerprint density at radius 3 is 2.92 bits per heavy atom. The summed E-state index contributed by atoms with van der Waals surface area (Å²) < 4.78 is 13.5. The number of aromatic nitrogens is 2. The third kappa shape index (κ3) is 3.33. The van der Waals surface area contributed by atoms with Crippen molar-refractivity contribution in [3.05, 3.63) is 51.7 Å². The number of likely N-dealkylation sites (tertiary alicyclic amines) is 1. The number of anilines is 1. The summed E-state index contributed by atoms with van der Waals surface area (Å²) in [5.74, 6) is -1.53. The number of rotatable bonds is 3. The van der Waals surface area contributed by atoms with E-state index in [4.69, 9.17) is 0 Å². The molecule has 0 aliphatic carbocycles. The van der Waals surface area contributed by atoms with Crippen molar-refractivity contribution in [3.8, 4) is 5.75 Å². The molecule has 1 aromatic carbocycles. The smallest absolute Gasteiger partial charge is 0.257 e. The minimum absolute atomic E-state index is 0.0616. The van der Waals surface area contributed by atoms with Crippen LogP contribution in [-0.4, -0.2) is 53.1 Å². The highest BCUT2D eigenvalue weighted by Crippen LogP contribution is 2.29. The zero-order chi connectivity index (χ0) is 18.1. The molecule has 8 heteroatoms. The van der Waals surface area contributed by atoms with Crippen LogP contribution >= 0.6 is 0 Å². The Bertz CT molecular complexity index is 865. The summed E-state index contributed by atoms with van der Waals surface area (Å²) in [5, 5.41) is 9.76. The number of aromatic hydroxyl groups is 1. The Morgan fingerprint density at radius 2 is 2.20 bits per heavy atom. The normalized spacial score (nSPS) is 16.9. The van der Waals surface area contributed by atoms with Gasteiger partial charge in [-0.05, 0) is 18.6 Å². The molecular formula is C17H19FN4O3. The maximum atomic E-state index is 13.5. The number of phenols is 1. The van der Waals surface area contributed by atoms with Crippen LogP contribution in [-0.2, 0) is 0 Å². The Morgan fingerprint density at radius 1 is 1.44 bits per heavy atom. The van der Waals surface area contributed by atoms with Gasteiger partial charge in [-0.2, -0.15) is 0 Å². The van der Waals surface area contributed by atoms with E-state index in [-0.39, 0.29) is 17.0 Å². The first-order chi connectivity index (χ1) is 11.9. The molecular weight excluding hydrogens is 327 g/mol. The lowest BCUT2D eigenvalue weighted by Gasteiger charge is -2.18. The summed E-state index contributed by atoms with van der Waals surface area (Å²) in [4.78, 5) is 34.7. The Balaban J connectivity index is 1.81. The summed E-state index contributed by atoms with van der Waals surface area (Å²) >= 11 is 0. The lowest BCUT2D eigenvalue weighted by atomic mass is 10.0. The number of aromatic amines is 1. The molecule has 0 saturated carbocycles. The van der Waals surface area contributed by atoms with E-state index < -0.39 is 17.5 Å². The fourth-order valence-corrected chi connectivity index (χ4v) is 2.93. The molecule has 1 saturated heterocycles. The zero-order valence-electron chi connectivity index (χ0n) is 14.0. The molecule has 3 rings (SSSR count). The lowest BCUT2D eigenvalue weighted by Crippen LogP contribution is -2.29. The van der Waals surface area contributed by atoms with Gasteiger partial charge < -0.3 is 14.9 Å². The van der Waals surface area contributed by atoms with Gasteiger partial charge >= 0.3 is 0 Å². The quantitative estimate of drug-likeness (QED) is 0.875. The summed E-state index contributed by atoms with van der Waals surface area (Å²) in [6, 6.07) is 5.31. The first kappa shape index (κ1) is 16.9. The number of hydrogen-bond donors (Lipinski definition) is 2. The highest BCUT2D eigenvalue weighted by Gasteiger charge is 2.30. The molecule has 0 bridgehead atoms. The summed E-state index contributed by atoms with van der Waals surface area (Å²) in [7, 11) is 3.55. The van der Waals surface area contributed by atoms with Crippen LogP contribution in [0.4, 0.5) is 10.3 Å². The van der Waals surface area contributed by atoms with Gasteiger partial charge in [0.15, 0.2) is 11.6 Å². The van der Waals surface area contributed by atoms with E-state index in [2.05, 4.69) is 9.97 Å². The maximum Gasteiger partial charge on any atom is 0.257 e. The Hall–Kier alpha value is -2.90. The van der Waals surface area contributed by atoms with E-state index >= 15 is 0 Å². The number of phenolic OH excluding ortho intramolecular Hbond substituents is 1. The number of halogens is 1.